The second-order valence-corrected chi connectivity index (χ2v) is 5.02. The maximum absolute atomic E-state index is 11.7. The molecule has 0 bridgehead atoms. The van der Waals surface area contributed by atoms with E-state index in [1.807, 2.05) is 25.3 Å². The summed E-state index contributed by atoms with van der Waals surface area (Å²) >= 11 is 7.43. The molecule has 0 fully saturated rings. The molecule has 0 aliphatic rings. The molecule has 0 spiro atoms. The first-order chi connectivity index (χ1) is 7.15. The number of amides is 1. The minimum Gasteiger partial charge on any atom is -0.351 e. The summed E-state index contributed by atoms with van der Waals surface area (Å²) in [5.41, 5.74) is 1.04. The fourth-order valence-electron chi connectivity index (χ4n) is 1.23. The van der Waals surface area contributed by atoms with E-state index in [0.29, 0.717) is 6.54 Å². The maximum Gasteiger partial charge on any atom is 0.261 e. The molecule has 84 valence electrons. The molecule has 0 aromatic carbocycles. The highest BCUT2D eigenvalue weighted by atomic mass is 35.5. The van der Waals surface area contributed by atoms with Crippen LogP contribution in [-0.4, -0.2) is 17.8 Å². The summed E-state index contributed by atoms with van der Waals surface area (Å²) in [5, 5.41) is 4.97. The van der Waals surface area contributed by atoms with E-state index >= 15 is 0 Å². The molecule has 1 heterocycles. The van der Waals surface area contributed by atoms with E-state index in [0.717, 1.165) is 23.3 Å². The van der Waals surface area contributed by atoms with E-state index in [2.05, 4.69) is 5.32 Å². The zero-order valence-electron chi connectivity index (χ0n) is 9.05. The van der Waals surface area contributed by atoms with Gasteiger partial charge in [0.2, 0.25) is 0 Å². The van der Waals surface area contributed by atoms with E-state index in [-0.39, 0.29) is 11.3 Å². The average molecular weight is 246 g/mol. The van der Waals surface area contributed by atoms with Crippen LogP contribution in [0.3, 0.4) is 0 Å². The molecule has 1 amide bonds. The molecular weight excluding hydrogens is 230 g/mol. The van der Waals surface area contributed by atoms with Crippen LogP contribution in [0.25, 0.3) is 0 Å². The molecule has 0 aliphatic carbocycles. The molecule has 1 unspecified atom stereocenters. The number of hydrogen-bond acceptors (Lipinski definition) is 2. The average Bonchev–Trinajstić information content (AvgIpc) is 2.64. The maximum atomic E-state index is 11.7. The number of thiophene rings is 1. The highest BCUT2D eigenvalue weighted by molar-refractivity contribution is 7.12. The summed E-state index contributed by atoms with van der Waals surface area (Å²) in [6, 6.07) is 1.95. The van der Waals surface area contributed by atoms with E-state index < -0.39 is 0 Å². The van der Waals surface area contributed by atoms with Crippen molar-refractivity contribution in [2.24, 2.45) is 0 Å². The summed E-state index contributed by atoms with van der Waals surface area (Å²) in [4.78, 5) is 12.5. The van der Waals surface area contributed by atoms with Gasteiger partial charge in [-0.15, -0.1) is 22.9 Å². The first kappa shape index (κ1) is 12.5. The predicted molar refractivity (Wildman–Crippen MR) is 65.9 cm³/mol. The Hall–Kier alpha value is -0.540. The summed E-state index contributed by atoms with van der Waals surface area (Å²) in [5.74, 6) is 0.0162. The number of carbonyl (C=O) groups excluding carboxylic acids is 1. The van der Waals surface area contributed by atoms with Gasteiger partial charge in [-0.25, -0.2) is 0 Å². The van der Waals surface area contributed by atoms with Crippen LogP contribution >= 0.6 is 22.9 Å². The van der Waals surface area contributed by atoms with Crippen molar-refractivity contribution in [3.8, 4) is 0 Å². The van der Waals surface area contributed by atoms with Gasteiger partial charge in [-0.3, -0.25) is 4.79 Å². The predicted octanol–water partition coefficient (Wildman–Crippen LogP) is 3.19. The van der Waals surface area contributed by atoms with Gasteiger partial charge in [-0.1, -0.05) is 6.92 Å². The molecule has 2 nitrogen and oxygen atoms in total. The Morgan fingerprint density at radius 3 is 2.93 bits per heavy atom. The Morgan fingerprint density at radius 2 is 2.40 bits per heavy atom. The normalized spacial score (nSPS) is 12.5. The number of hydrogen-bond donors (Lipinski definition) is 1. The summed E-state index contributed by atoms with van der Waals surface area (Å²) in [6.07, 6.45) is 1.77. The fraction of sp³-hybridized carbons (Fsp3) is 0.545. The van der Waals surface area contributed by atoms with Gasteiger partial charge in [0.15, 0.2) is 0 Å². The van der Waals surface area contributed by atoms with Crippen LogP contribution in [0.2, 0.25) is 0 Å². The number of halogens is 1. The van der Waals surface area contributed by atoms with E-state index in [1.165, 1.54) is 11.3 Å². The topological polar surface area (TPSA) is 29.1 Å². The van der Waals surface area contributed by atoms with Crippen LogP contribution in [0.15, 0.2) is 11.4 Å². The van der Waals surface area contributed by atoms with Crippen LogP contribution in [0.1, 0.15) is 35.0 Å². The van der Waals surface area contributed by atoms with Gasteiger partial charge in [0.25, 0.3) is 5.91 Å². The van der Waals surface area contributed by atoms with E-state index in [9.17, 15) is 4.79 Å². The molecule has 0 saturated heterocycles. The fourth-order valence-corrected chi connectivity index (χ4v) is 2.18. The number of aryl methyl sites for hydroxylation is 1. The molecule has 1 rings (SSSR count). The number of nitrogens with one attached hydrogen (secondary N) is 1. The van der Waals surface area contributed by atoms with Crippen molar-refractivity contribution in [2.75, 3.05) is 6.54 Å². The monoisotopic (exact) mass is 245 g/mol. The van der Waals surface area contributed by atoms with Gasteiger partial charge in [-0.2, -0.15) is 0 Å². The zero-order chi connectivity index (χ0) is 11.3. The highest BCUT2D eigenvalue weighted by Gasteiger charge is 2.10. The third-order valence-corrected chi connectivity index (χ3v) is 3.80. The highest BCUT2D eigenvalue weighted by Crippen LogP contribution is 2.15. The lowest BCUT2D eigenvalue weighted by molar-refractivity contribution is 0.0956. The van der Waals surface area contributed by atoms with Crippen molar-refractivity contribution in [2.45, 2.75) is 32.1 Å². The Labute approximate surface area is 99.6 Å². The molecule has 4 heteroatoms. The van der Waals surface area contributed by atoms with Crippen LogP contribution < -0.4 is 5.32 Å². The number of alkyl halides is 1. The lowest BCUT2D eigenvalue weighted by atomic mass is 10.2. The van der Waals surface area contributed by atoms with Gasteiger partial charge >= 0.3 is 0 Å². The van der Waals surface area contributed by atoms with Crippen molar-refractivity contribution in [1.82, 2.24) is 5.32 Å². The SMILES string of the molecule is CCC(Cl)CCNC(=O)c1sccc1C. The first-order valence-corrected chi connectivity index (χ1v) is 6.43. The molecule has 0 radical (unpaired) electrons. The standard InChI is InChI=1S/C11H16ClNOS/c1-3-9(12)4-6-13-11(14)10-8(2)5-7-15-10/h5,7,9H,3-4,6H2,1-2H3,(H,13,14). The quantitative estimate of drug-likeness (QED) is 0.794. The van der Waals surface area contributed by atoms with Crippen molar-refractivity contribution in [3.05, 3.63) is 21.9 Å². The lowest BCUT2D eigenvalue weighted by Crippen LogP contribution is -2.25. The van der Waals surface area contributed by atoms with Gasteiger partial charge < -0.3 is 5.32 Å². The third-order valence-electron chi connectivity index (χ3n) is 2.25. The minimum atomic E-state index is 0.0162. The van der Waals surface area contributed by atoms with E-state index in [1.54, 1.807) is 0 Å². The Balaban J connectivity index is 2.34. The number of rotatable bonds is 5. The van der Waals surface area contributed by atoms with Crippen molar-refractivity contribution in [3.63, 3.8) is 0 Å². The largest absolute Gasteiger partial charge is 0.351 e. The molecule has 0 aliphatic heterocycles. The van der Waals surface area contributed by atoms with Crippen LogP contribution in [0.4, 0.5) is 0 Å². The van der Waals surface area contributed by atoms with Crippen LogP contribution in [0.5, 0.6) is 0 Å². The molecule has 1 N–H and O–H groups in total. The molecule has 1 atom stereocenters. The van der Waals surface area contributed by atoms with Gasteiger partial charge in [0, 0.05) is 11.9 Å². The summed E-state index contributed by atoms with van der Waals surface area (Å²) in [7, 11) is 0. The molecule has 15 heavy (non-hydrogen) atoms. The lowest BCUT2D eigenvalue weighted by Gasteiger charge is -2.07. The summed E-state index contributed by atoms with van der Waals surface area (Å²) < 4.78 is 0. The van der Waals surface area contributed by atoms with Crippen LogP contribution in [-0.2, 0) is 0 Å². The zero-order valence-corrected chi connectivity index (χ0v) is 10.6. The minimum absolute atomic E-state index is 0.0162. The third kappa shape index (κ3) is 3.84. The van der Waals surface area contributed by atoms with Crippen LogP contribution in [0, 0.1) is 6.92 Å². The molecular formula is C11H16ClNOS. The molecule has 1 aromatic heterocycles. The van der Waals surface area contributed by atoms with Gasteiger partial charge in [-0.05, 0) is 36.8 Å². The molecule has 0 saturated carbocycles. The Bertz CT molecular complexity index is 324. The Kier molecular flexibility index (Phi) is 5.12. The Morgan fingerprint density at radius 1 is 1.67 bits per heavy atom. The summed E-state index contributed by atoms with van der Waals surface area (Å²) in [6.45, 7) is 4.64. The molecule has 1 aromatic rings. The van der Waals surface area contributed by atoms with Crippen molar-refractivity contribution in [1.29, 1.82) is 0 Å². The first-order valence-electron chi connectivity index (χ1n) is 5.11. The van der Waals surface area contributed by atoms with Gasteiger partial charge in [0.05, 0.1) is 4.88 Å². The second kappa shape index (κ2) is 6.13. The number of carbonyl (C=O) groups is 1. The van der Waals surface area contributed by atoms with Crippen molar-refractivity contribution < 1.29 is 4.79 Å². The smallest absolute Gasteiger partial charge is 0.261 e. The second-order valence-electron chi connectivity index (χ2n) is 3.48. The van der Waals surface area contributed by atoms with Crippen molar-refractivity contribution >= 4 is 28.8 Å². The van der Waals surface area contributed by atoms with E-state index in [4.69, 9.17) is 11.6 Å². The van der Waals surface area contributed by atoms with Gasteiger partial charge in [0.1, 0.15) is 0 Å².